The Labute approximate surface area is 112 Å². The second-order valence-corrected chi connectivity index (χ2v) is 3.65. The molecule has 20 heavy (non-hydrogen) atoms. The zero-order valence-corrected chi connectivity index (χ0v) is 10.4. The van der Waals surface area contributed by atoms with Crippen molar-refractivity contribution < 1.29 is 14.5 Å². The van der Waals surface area contributed by atoms with Crippen LogP contribution in [0.5, 0.6) is 5.75 Å². The molecule has 104 valence electrons. The highest BCUT2D eigenvalue weighted by molar-refractivity contribution is 5.97. The maximum absolute atomic E-state index is 12.0. The zero-order chi connectivity index (χ0) is 14.5. The van der Waals surface area contributed by atoms with Crippen molar-refractivity contribution in [2.45, 2.75) is 6.54 Å². The van der Waals surface area contributed by atoms with Crippen molar-refractivity contribution in [3.63, 3.8) is 0 Å². The molecule has 0 saturated carbocycles. The molecule has 2 N–H and O–H groups in total. The number of hydrogen-bond donors (Lipinski definition) is 2. The van der Waals surface area contributed by atoms with E-state index in [0.717, 1.165) is 6.07 Å². The van der Waals surface area contributed by atoms with Gasteiger partial charge in [-0.2, -0.15) is 5.21 Å². The number of ether oxygens (including phenoxy) is 1. The van der Waals surface area contributed by atoms with Gasteiger partial charge < -0.3 is 10.1 Å². The second-order valence-electron chi connectivity index (χ2n) is 3.65. The van der Waals surface area contributed by atoms with E-state index in [1.807, 2.05) is 0 Å². The first-order chi connectivity index (χ1) is 9.61. The van der Waals surface area contributed by atoms with Crippen LogP contribution >= 0.6 is 0 Å². The Morgan fingerprint density at radius 1 is 1.55 bits per heavy atom. The Balaban J connectivity index is 2.18. The van der Waals surface area contributed by atoms with E-state index in [1.54, 1.807) is 0 Å². The molecule has 10 nitrogen and oxygen atoms in total. The van der Waals surface area contributed by atoms with Gasteiger partial charge in [0.25, 0.3) is 11.6 Å². The highest BCUT2D eigenvalue weighted by atomic mass is 16.6. The van der Waals surface area contributed by atoms with Crippen LogP contribution in [-0.4, -0.2) is 38.6 Å². The smallest absolute Gasteiger partial charge is 0.270 e. The van der Waals surface area contributed by atoms with Crippen LogP contribution in [-0.2, 0) is 6.54 Å². The van der Waals surface area contributed by atoms with Crippen molar-refractivity contribution >= 4 is 11.6 Å². The molecule has 1 aromatic heterocycles. The lowest BCUT2D eigenvalue weighted by atomic mass is 10.1. The largest absolute Gasteiger partial charge is 0.496 e. The molecule has 0 aliphatic rings. The van der Waals surface area contributed by atoms with Crippen LogP contribution < -0.4 is 10.1 Å². The summed E-state index contributed by atoms with van der Waals surface area (Å²) in [4.78, 5) is 22.1. The van der Waals surface area contributed by atoms with E-state index < -0.39 is 10.8 Å². The van der Waals surface area contributed by atoms with Crippen molar-refractivity contribution in [1.29, 1.82) is 0 Å². The second kappa shape index (κ2) is 5.73. The van der Waals surface area contributed by atoms with Crippen LogP contribution in [0.15, 0.2) is 18.2 Å². The molecule has 0 aliphatic carbocycles. The molecule has 10 heteroatoms. The maximum Gasteiger partial charge on any atom is 0.270 e. The Morgan fingerprint density at radius 2 is 2.35 bits per heavy atom. The van der Waals surface area contributed by atoms with Gasteiger partial charge in [-0.15, -0.1) is 10.2 Å². The number of carbonyl (C=O) groups excluding carboxylic acids is 1. The molecule has 0 atom stereocenters. The van der Waals surface area contributed by atoms with Gasteiger partial charge in [-0.05, 0) is 6.07 Å². The number of aromatic amines is 1. The fraction of sp³-hybridized carbons (Fsp3) is 0.200. The summed E-state index contributed by atoms with van der Waals surface area (Å²) >= 11 is 0. The number of carbonyl (C=O) groups is 1. The monoisotopic (exact) mass is 278 g/mol. The van der Waals surface area contributed by atoms with Crippen LogP contribution in [0, 0.1) is 10.1 Å². The highest BCUT2D eigenvalue weighted by Gasteiger charge is 2.17. The molecule has 1 aromatic carbocycles. The van der Waals surface area contributed by atoms with Gasteiger partial charge in [0.15, 0.2) is 5.82 Å². The third-order valence-corrected chi connectivity index (χ3v) is 2.43. The number of methoxy groups -OCH3 is 1. The molecule has 1 amide bonds. The average Bonchev–Trinajstić information content (AvgIpc) is 2.97. The molecule has 1 heterocycles. The number of benzene rings is 1. The Bertz CT molecular complexity index is 627. The summed E-state index contributed by atoms with van der Waals surface area (Å²) in [6.45, 7) is 0.0428. The van der Waals surface area contributed by atoms with Gasteiger partial charge in [0.05, 0.1) is 24.1 Å². The lowest BCUT2D eigenvalue weighted by molar-refractivity contribution is -0.384. The van der Waals surface area contributed by atoms with Crippen molar-refractivity contribution in [2.75, 3.05) is 7.11 Å². The van der Waals surface area contributed by atoms with E-state index in [0.29, 0.717) is 5.82 Å². The van der Waals surface area contributed by atoms with Crippen molar-refractivity contribution in [2.24, 2.45) is 0 Å². The Kier molecular flexibility index (Phi) is 3.84. The number of nitro groups is 1. The lowest BCUT2D eigenvalue weighted by Crippen LogP contribution is -2.24. The molecule has 0 spiro atoms. The summed E-state index contributed by atoms with van der Waals surface area (Å²) in [7, 11) is 1.37. The lowest BCUT2D eigenvalue weighted by Gasteiger charge is -2.07. The van der Waals surface area contributed by atoms with E-state index in [-0.39, 0.29) is 23.5 Å². The molecule has 0 unspecified atom stereocenters. The molecular weight excluding hydrogens is 268 g/mol. The van der Waals surface area contributed by atoms with Crippen LogP contribution in [0.3, 0.4) is 0 Å². The van der Waals surface area contributed by atoms with Crippen molar-refractivity contribution in [3.8, 4) is 5.75 Å². The quantitative estimate of drug-likeness (QED) is 0.582. The summed E-state index contributed by atoms with van der Waals surface area (Å²) in [6, 6.07) is 3.76. The number of nitro benzene ring substituents is 1. The SMILES string of the molecule is COc1ccc([N+](=O)[O-])cc1C(=O)NCc1nn[nH]n1. The van der Waals surface area contributed by atoms with Crippen LogP contribution in [0.1, 0.15) is 16.2 Å². The minimum atomic E-state index is -0.588. The maximum atomic E-state index is 12.0. The molecular formula is C10H10N6O4. The number of nitrogens with one attached hydrogen (secondary N) is 2. The standard InChI is InChI=1S/C10H10N6O4/c1-20-8-3-2-6(16(18)19)4-7(8)10(17)11-5-9-12-14-15-13-9/h2-4H,5H2,1H3,(H,11,17)(H,12,13,14,15). The summed E-state index contributed by atoms with van der Waals surface area (Å²) in [6.07, 6.45) is 0. The number of H-pyrrole nitrogens is 1. The Hall–Kier alpha value is -3.04. The average molecular weight is 278 g/mol. The zero-order valence-electron chi connectivity index (χ0n) is 10.4. The summed E-state index contributed by atoms with van der Waals surface area (Å²) in [5.74, 6) is -0.000639. The Morgan fingerprint density at radius 3 is 2.95 bits per heavy atom. The van der Waals surface area contributed by atoms with E-state index in [2.05, 4.69) is 25.9 Å². The third-order valence-electron chi connectivity index (χ3n) is 2.43. The van der Waals surface area contributed by atoms with Gasteiger partial charge in [-0.3, -0.25) is 14.9 Å². The molecule has 0 saturated heterocycles. The van der Waals surface area contributed by atoms with E-state index in [1.165, 1.54) is 19.2 Å². The fourth-order valence-electron chi connectivity index (χ4n) is 1.50. The molecule has 0 radical (unpaired) electrons. The molecule has 2 rings (SSSR count). The number of aromatic nitrogens is 4. The molecule has 0 aliphatic heterocycles. The first-order valence-electron chi connectivity index (χ1n) is 5.44. The number of rotatable bonds is 5. The fourth-order valence-corrected chi connectivity index (χ4v) is 1.50. The van der Waals surface area contributed by atoms with Crippen molar-refractivity contribution in [3.05, 3.63) is 39.7 Å². The van der Waals surface area contributed by atoms with E-state index in [9.17, 15) is 14.9 Å². The first-order valence-corrected chi connectivity index (χ1v) is 5.44. The topological polar surface area (TPSA) is 136 Å². The predicted octanol–water partition coefficient (Wildman–Crippen LogP) is 0.0465. The minimum Gasteiger partial charge on any atom is -0.496 e. The van der Waals surface area contributed by atoms with E-state index >= 15 is 0 Å². The van der Waals surface area contributed by atoms with Crippen LogP contribution in [0.2, 0.25) is 0 Å². The number of nitrogens with zero attached hydrogens (tertiary/aromatic N) is 4. The highest BCUT2D eigenvalue weighted by Crippen LogP contribution is 2.23. The molecule has 2 aromatic rings. The molecule has 0 fully saturated rings. The van der Waals surface area contributed by atoms with Gasteiger partial charge in [0.1, 0.15) is 5.75 Å². The number of non-ortho nitro benzene ring substituents is 1. The number of tetrazole rings is 1. The summed E-state index contributed by atoms with van der Waals surface area (Å²) in [5, 5.41) is 26.2. The van der Waals surface area contributed by atoms with Gasteiger partial charge in [-0.1, -0.05) is 5.21 Å². The van der Waals surface area contributed by atoms with E-state index in [4.69, 9.17) is 4.74 Å². The normalized spacial score (nSPS) is 10.1. The number of amides is 1. The van der Waals surface area contributed by atoms with Gasteiger partial charge >= 0.3 is 0 Å². The van der Waals surface area contributed by atoms with Gasteiger partial charge in [0.2, 0.25) is 0 Å². The van der Waals surface area contributed by atoms with Gasteiger partial charge in [0, 0.05) is 12.1 Å². The molecule has 0 bridgehead atoms. The van der Waals surface area contributed by atoms with Gasteiger partial charge in [-0.25, -0.2) is 0 Å². The van der Waals surface area contributed by atoms with Crippen LogP contribution in [0.25, 0.3) is 0 Å². The summed E-state index contributed by atoms with van der Waals surface area (Å²) < 4.78 is 5.01. The third kappa shape index (κ3) is 2.85. The predicted molar refractivity (Wildman–Crippen MR) is 65.0 cm³/mol. The summed E-state index contributed by atoms with van der Waals surface area (Å²) in [5.41, 5.74) is -0.138. The van der Waals surface area contributed by atoms with Crippen LogP contribution in [0.4, 0.5) is 5.69 Å². The number of hydrogen-bond acceptors (Lipinski definition) is 7. The van der Waals surface area contributed by atoms with Crippen molar-refractivity contribution in [1.82, 2.24) is 25.9 Å². The first kappa shape index (κ1) is 13.4. The minimum absolute atomic E-state index is 0.0428.